The van der Waals surface area contributed by atoms with Gasteiger partial charge in [0.15, 0.2) is 0 Å². The molecule has 1 aliphatic rings. The summed E-state index contributed by atoms with van der Waals surface area (Å²) >= 11 is 0. The van der Waals surface area contributed by atoms with E-state index in [0.717, 1.165) is 30.4 Å². The largest absolute Gasteiger partial charge is 0.465 e. The Balaban J connectivity index is 1.53. The Kier molecular flexibility index (Phi) is 7.23. The fourth-order valence-electron chi connectivity index (χ4n) is 3.36. The molecule has 0 unspecified atom stereocenters. The van der Waals surface area contributed by atoms with Crippen molar-refractivity contribution in [1.29, 1.82) is 0 Å². The van der Waals surface area contributed by atoms with E-state index in [-0.39, 0.29) is 17.2 Å². The first-order valence-electron chi connectivity index (χ1n) is 9.93. The van der Waals surface area contributed by atoms with Crippen LogP contribution in [0.4, 0.5) is 0 Å². The maximum Gasteiger partial charge on any atom is 0.337 e. The maximum absolute atomic E-state index is 12.7. The van der Waals surface area contributed by atoms with Crippen LogP contribution < -0.4 is 5.32 Å². The Morgan fingerprint density at radius 2 is 1.53 bits per heavy atom. The van der Waals surface area contributed by atoms with E-state index in [1.165, 1.54) is 11.4 Å². The third kappa shape index (κ3) is 5.46. The molecule has 160 valence electrons. The van der Waals surface area contributed by atoms with Crippen molar-refractivity contribution in [3.8, 4) is 0 Å². The van der Waals surface area contributed by atoms with Gasteiger partial charge >= 0.3 is 5.97 Å². The van der Waals surface area contributed by atoms with E-state index in [9.17, 15) is 18.0 Å². The van der Waals surface area contributed by atoms with Gasteiger partial charge in [-0.25, -0.2) is 13.2 Å². The minimum absolute atomic E-state index is 0.157. The molecule has 1 fully saturated rings. The highest BCUT2D eigenvalue weighted by Gasteiger charge is 2.25. The number of sulfonamides is 1. The molecule has 0 saturated carbocycles. The van der Waals surface area contributed by atoms with Gasteiger partial charge in [0.2, 0.25) is 15.9 Å². The predicted octanol–water partition coefficient (Wildman–Crippen LogP) is 2.51. The standard InChI is InChI=1S/C22H26N2O5S/c1-29-22(26)19-9-5-18(6-10-19)16-23-21(25)15-17-7-11-20(12-8-17)30(27,28)24-13-3-2-4-14-24/h5-12H,2-4,13-16H2,1H3,(H,23,25). The summed E-state index contributed by atoms with van der Waals surface area (Å²) < 4.78 is 31.6. The Morgan fingerprint density at radius 3 is 2.13 bits per heavy atom. The summed E-state index contributed by atoms with van der Waals surface area (Å²) in [6.07, 6.45) is 3.01. The van der Waals surface area contributed by atoms with Crippen LogP contribution in [0.5, 0.6) is 0 Å². The molecule has 30 heavy (non-hydrogen) atoms. The molecule has 8 heteroatoms. The molecule has 2 aromatic rings. The Hall–Kier alpha value is -2.71. The summed E-state index contributed by atoms with van der Waals surface area (Å²) in [4.78, 5) is 23.9. The van der Waals surface area contributed by atoms with E-state index in [1.54, 1.807) is 48.5 Å². The van der Waals surface area contributed by atoms with Gasteiger partial charge in [-0.1, -0.05) is 30.7 Å². The van der Waals surface area contributed by atoms with Crippen LogP contribution in [-0.2, 0) is 32.5 Å². The monoisotopic (exact) mass is 430 g/mol. The SMILES string of the molecule is COC(=O)c1ccc(CNC(=O)Cc2ccc(S(=O)(=O)N3CCCCC3)cc2)cc1. The van der Waals surface area contributed by atoms with Crippen LogP contribution in [-0.4, -0.2) is 44.8 Å². The third-order valence-corrected chi connectivity index (χ3v) is 7.02. The molecule has 0 aliphatic carbocycles. The van der Waals surface area contributed by atoms with Crippen molar-refractivity contribution in [2.75, 3.05) is 20.2 Å². The van der Waals surface area contributed by atoms with Gasteiger partial charge in [-0.2, -0.15) is 4.31 Å². The zero-order valence-corrected chi connectivity index (χ0v) is 17.8. The number of methoxy groups -OCH3 is 1. The van der Waals surface area contributed by atoms with E-state index >= 15 is 0 Å². The summed E-state index contributed by atoms with van der Waals surface area (Å²) in [6, 6.07) is 13.3. The van der Waals surface area contributed by atoms with Crippen LogP contribution in [0.2, 0.25) is 0 Å². The molecule has 0 spiro atoms. The summed E-state index contributed by atoms with van der Waals surface area (Å²) in [5.74, 6) is -0.574. The second-order valence-corrected chi connectivity index (χ2v) is 9.19. The lowest BCUT2D eigenvalue weighted by Gasteiger charge is -2.25. The molecule has 1 N–H and O–H groups in total. The minimum Gasteiger partial charge on any atom is -0.465 e. The lowest BCUT2D eigenvalue weighted by atomic mass is 10.1. The molecule has 3 rings (SSSR count). The first-order chi connectivity index (χ1) is 14.4. The molecule has 0 atom stereocenters. The molecule has 0 aromatic heterocycles. The highest BCUT2D eigenvalue weighted by atomic mass is 32.2. The van der Waals surface area contributed by atoms with Gasteiger partial charge in [-0.05, 0) is 48.2 Å². The number of amides is 1. The number of ether oxygens (including phenoxy) is 1. The van der Waals surface area contributed by atoms with Gasteiger partial charge in [0.1, 0.15) is 0 Å². The van der Waals surface area contributed by atoms with Crippen LogP contribution in [0, 0.1) is 0 Å². The second kappa shape index (κ2) is 9.86. The molecule has 0 bridgehead atoms. The fraction of sp³-hybridized carbons (Fsp3) is 0.364. The summed E-state index contributed by atoms with van der Waals surface area (Å²) in [5, 5.41) is 2.83. The number of piperidine rings is 1. The van der Waals surface area contributed by atoms with Gasteiger partial charge in [0.25, 0.3) is 0 Å². The number of hydrogen-bond acceptors (Lipinski definition) is 5. The van der Waals surface area contributed by atoms with Crippen molar-refractivity contribution >= 4 is 21.9 Å². The third-order valence-electron chi connectivity index (χ3n) is 5.11. The Bertz CT molecular complexity index is 979. The highest BCUT2D eigenvalue weighted by molar-refractivity contribution is 7.89. The molecule has 7 nitrogen and oxygen atoms in total. The fourth-order valence-corrected chi connectivity index (χ4v) is 4.88. The van der Waals surface area contributed by atoms with Crippen molar-refractivity contribution in [3.05, 3.63) is 65.2 Å². The molecular weight excluding hydrogens is 404 g/mol. The predicted molar refractivity (Wildman–Crippen MR) is 112 cm³/mol. The van der Waals surface area contributed by atoms with Crippen LogP contribution >= 0.6 is 0 Å². The molecular formula is C22H26N2O5S. The van der Waals surface area contributed by atoms with Crippen LogP contribution in [0.25, 0.3) is 0 Å². The average molecular weight is 431 g/mol. The number of esters is 1. The van der Waals surface area contributed by atoms with Gasteiger partial charge < -0.3 is 10.1 Å². The Labute approximate surface area is 177 Å². The summed E-state index contributed by atoms with van der Waals surface area (Å²) in [5.41, 5.74) is 2.05. The van der Waals surface area contributed by atoms with Crippen LogP contribution in [0.15, 0.2) is 53.4 Å². The second-order valence-electron chi connectivity index (χ2n) is 7.25. The molecule has 1 aliphatic heterocycles. The van der Waals surface area contributed by atoms with Gasteiger partial charge in [-0.15, -0.1) is 0 Å². The number of carbonyl (C=O) groups excluding carboxylic acids is 2. The van der Waals surface area contributed by atoms with Crippen molar-refractivity contribution in [2.24, 2.45) is 0 Å². The summed E-state index contributed by atoms with van der Waals surface area (Å²) in [7, 11) is -2.14. The zero-order chi connectivity index (χ0) is 21.6. The van der Waals surface area contributed by atoms with Crippen molar-refractivity contribution in [2.45, 2.75) is 37.1 Å². The van der Waals surface area contributed by atoms with E-state index < -0.39 is 16.0 Å². The van der Waals surface area contributed by atoms with Gasteiger partial charge in [-0.3, -0.25) is 4.79 Å². The first-order valence-corrected chi connectivity index (χ1v) is 11.4. The topological polar surface area (TPSA) is 92.8 Å². The lowest BCUT2D eigenvalue weighted by molar-refractivity contribution is -0.120. The van der Waals surface area contributed by atoms with Crippen molar-refractivity contribution in [3.63, 3.8) is 0 Å². The number of rotatable bonds is 7. The lowest BCUT2D eigenvalue weighted by Crippen LogP contribution is -2.35. The quantitative estimate of drug-likeness (QED) is 0.682. The highest BCUT2D eigenvalue weighted by Crippen LogP contribution is 2.21. The smallest absolute Gasteiger partial charge is 0.337 e. The van der Waals surface area contributed by atoms with E-state index in [1.807, 2.05) is 0 Å². The molecule has 1 amide bonds. The number of benzene rings is 2. The van der Waals surface area contributed by atoms with Crippen molar-refractivity contribution < 1.29 is 22.7 Å². The number of hydrogen-bond donors (Lipinski definition) is 1. The average Bonchev–Trinajstić information content (AvgIpc) is 2.78. The molecule has 1 saturated heterocycles. The van der Waals surface area contributed by atoms with Gasteiger partial charge in [0, 0.05) is 19.6 Å². The van der Waals surface area contributed by atoms with Crippen molar-refractivity contribution in [1.82, 2.24) is 9.62 Å². The minimum atomic E-state index is -3.47. The molecule has 1 heterocycles. The maximum atomic E-state index is 12.7. The van der Waals surface area contributed by atoms with Gasteiger partial charge in [0.05, 0.1) is 24.0 Å². The van der Waals surface area contributed by atoms with E-state index in [4.69, 9.17) is 0 Å². The van der Waals surface area contributed by atoms with E-state index in [2.05, 4.69) is 10.1 Å². The summed E-state index contributed by atoms with van der Waals surface area (Å²) in [6.45, 7) is 1.46. The number of nitrogens with one attached hydrogen (secondary N) is 1. The van der Waals surface area contributed by atoms with Crippen LogP contribution in [0.3, 0.4) is 0 Å². The Morgan fingerprint density at radius 1 is 0.933 bits per heavy atom. The number of nitrogens with zero attached hydrogens (tertiary/aromatic N) is 1. The van der Waals surface area contributed by atoms with Crippen LogP contribution in [0.1, 0.15) is 40.7 Å². The molecule has 0 radical (unpaired) electrons. The zero-order valence-electron chi connectivity index (χ0n) is 17.0. The normalized spacial score (nSPS) is 14.8. The first kappa shape index (κ1) is 22.0. The molecule has 2 aromatic carbocycles. The number of carbonyl (C=O) groups is 2. The van der Waals surface area contributed by atoms with E-state index in [0.29, 0.717) is 25.2 Å².